The van der Waals surface area contributed by atoms with E-state index in [4.69, 9.17) is 0 Å². The van der Waals surface area contributed by atoms with Crippen molar-refractivity contribution in [2.24, 2.45) is 0 Å². The van der Waals surface area contributed by atoms with Crippen molar-refractivity contribution < 1.29 is 0 Å². The van der Waals surface area contributed by atoms with Gasteiger partial charge in [-0.3, -0.25) is 0 Å². The molecule has 1 atom stereocenters. The summed E-state index contributed by atoms with van der Waals surface area (Å²) in [5, 5.41) is 2.54. The van der Waals surface area contributed by atoms with Crippen molar-refractivity contribution in [3.8, 4) is 11.1 Å². The second-order valence-electron chi connectivity index (χ2n) is 18.1. The molecule has 0 radical (unpaired) electrons. The Bertz CT molecular complexity index is 2970. The largest absolute Gasteiger partial charge is 0.311 e. The summed E-state index contributed by atoms with van der Waals surface area (Å²) in [6.07, 6.45) is 31.1. The molecule has 6 aromatic rings. The third-order valence-electron chi connectivity index (χ3n) is 14.0. The van der Waals surface area contributed by atoms with Crippen LogP contribution in [-0.4, -0.2) is 0 Å². The minimum absolute atomic E-state index is 0.452. The molecule has 0 aliphatic heterocycles. The molecule has 0 saturated heterocycles. The maximum absolute atomic E-state index is 2.58. The topological polar surface area (TPSA) is 6.48 Å². The molecule has 0 aromatic heterocycles. The number of hydrogen-bond donors (Lipinski definition) is 0. The molecule has 6 aromatic carbocycles. The summed E-state index contributed by atoms with van der Waals surface area (Å²) < 4.78 is 0. The molecule has 0 saturated carbocycles. The SMILES string of the molecule is CCC(C)c1cc(N(C2=CCCC=C2)C2=C(C3=CC=C(c4ccccc4N(c4ccccc4)c4ccc(-c5cccc6ccccc56)cc4)CC3)CCC=C2)ccc1C1=C(C)CCC=C1. The quantitative estimate of drug-likeness (QED) is 0.121. The predicted octanol–water partition coefficient (Wildman–Crippen LogP) is 18.1. The molecule has 4 aliphatic rings. The lowest BCUT2D eigenvalue weighted by molar-refractivity contribution is 0.731. The molecular weight excluding hydrogens is 785 g/mol. The highest BCUT2D eigenvalue weighted by Crippen LogP contribution is 2.45. The lowest BCUT2D eigenvalue weighted by Gasteiger charge is -2.34. The molecule has 1 unspecified atom stereocenters. The van der Waals surface area contributed by atoms with E-state index in [1.165, 1.54) is 89.2 Å². The molecule has 10 rings (SSSR count). The zero-order chi connectivity index (χ0) is 44.1. The summed E-state index contributed by atoms with van der Waals surface area (Å²) in [6, 6.07) is 51.5. The van der Waals surface area contributed by atoms with Crippen molar-refractivity contribution in [1.82, 2.24) is 0 Å². The maximum atomic E-state index is 2.58. The molecule has 2 heteroatoms. The molecule has 0 N–H and O–H groups in total. The van der Waals surface area contributed by atoms with Gasteiger partial charge in [0.2, 0.25) is 0 Å². The van der Waals surface area contributed by atoms with Crippen LogP contribution in [0.15, 0.2) is 222 Å². The first-order chi connectivity index (χ1) is 32.1. The Morgan fingerprint density at radius 2 is 1.23 bits per heavy atom. The molecular formula is C63H60N2. The van der Waals surface area contributed by atoms with E-state index in [1.807, 2.05) is 0 Å². The zero-order valence-corrected chi connectivity index (χ0v) is 38.3. The number of nitrogens with zero attached hydrogens (tertiary/aromatic N) is 2. The third-order valence-corrected chi connectivity index (χ3v) is 14.0. The first-order valence-corrected chi connectivity index (χ1v) is 24.1. The van der Waals surface area contributed by atoms with Gasteiger partial charge in [0, 0.05) is 34.0 Å². The van der Waals surface area contributed by atoms with Crippen LogP contribution in [-0.2, 0) is 0 Å². The highest BCUT2D eigenvalue weighted by Gasteiger charge is 2.26. The van der Waals surface area contributed by atoms with Crippen molar-refractivity contribution >= 4 is 44.7 Å². The fourth-order valence-electron chi connectivity index (χ4n) is 10.4. The van der Waals surface area contributed by atoms with Crippen LogP contribution >= 0.6 is 0 Å². The fraction of sp³-hybridized carbons (Fsp3) is 0.206. The normalized spacial score (nSPS) is 16.6. The predicted molar refractivity (Wildman–Crippen MR) is 280 cm³/mol. The second-order valence-corrected chi connectivity index (χ2v) is 18.1. The van der Waals surface area contributed by atoms with Gasteiger partial charge in [0.1, 0.15) is 0 Å². The molecule has 0 bridgehead atoms. The molecule has 2 nitrogen and oxygen atoms in total. The third kappa shape index (κ3) is 8.59. The summed E-state index contributed by atoms with van der Waals surface area (Å²) in [4.78, 5) is 5.01. The van der Waals surface area contributed by atoms with E-state index in [-0.39, 0.29) is 0 Å². The van der Waals surface area contributed by atoms with E-state index >= 15 is 0 Å². The maximum Gasteiger partial charge on any atom is 0.0536 e. The van der Waals surface area contributed by atoms with E-state index in [0.29, 0.717) is 5.92 Å². The number of hydrogen-bond acceptors (Lipinski definition) is 2. The van der Waals surface area contributed by atoms with Crippen molar-refractivity contribution in [3.63, 3.8) is 0 Å². The van der Waals surface area contributed by atoms with Gasteiger partial charge in [0.15, 0.2) is 0 Å². The lowest BCUT2D eigenvalue weighted by Crippen LogP contribution is -2.24. The summed E-state index contributed by atoms with van der Waals surface area (Å²) in [6.45, 7) is 7.05. The summed E-state index contributed by atoms with van der Waals surface area (Å²) in [5.41, 5.74) is 21.1. The summed E-state index contributed by atoms with van der Waals surface area (Å²) in [7, 11) is 0. The van der Waals surface area contributed by atoms with Crippen molar-refractivity contribution in [2.75, 3.05) is 9.80 Å². The highest BCUT2D eigenvalue weighted by molar-refractivity contribution is 5.97. The number of anilines is 4. The van der Waals surface area contributed by atoms with Crippen LogP contribution in [0.5, 0.6) is 0 Å². The van der Waals surface area contributed by atoms with E-state index in [2.05, 4.69) is 225 Å². The summed E-state index contributed by atoms with van der Waals surface area (Å²) >= 11 is 0. The molecule has 65 heavy (non-hydrogen) atoms. The van der Waals surface area contributed by atoms with Crippen molar-refractivity contribution in [1.29, 1.82) is 0 Å². The molecule has 0 amide bonds. The van der Waals surface area contributed by atoms with E-state index in [1.54, 1.807) is 0 Å². The smallest absolute Gasteiger partial charge is 0.0536 e. The number of allylic oxidation sites excluding steroid dienone is 14. The standard InChI is InChI=1S/C63H60N2/c1-4-45(2)61-44-54(42-43-60(61)55-27-13-11-20-46(55)3)65(52-25-9-6-10-26-52)63-33-18-16-30-59(63)50-36-34-49(35-37-50)58-29-15-17-32-62(58)64(51-23-7-5-8-24-51)53-40-38-48(39-41-53)57-31-19-22-47-21-12-14-28-56(47)57/h5,7-9,12-15,17-19,21-29,31-34,36,38-45H,4,6,10-11,16,20,30,35,37H2,1-3H3. The van der Waals surface area contributed by atoms with Crippen LogP contribution < -0.4 is 9.80 Å². The minimum atomic E-state index is 0.452. The van der Waals surface area contributed by atoms with Gasteiger partial charge < -0.3 is 9.80 Å². The van der Waals surface area contributed by atoms with Crippen molar-refractivity contribution in [3.05, 3.63) is 239 Å². The first-order valence-electron chi connectivity index (χ1n) is 24.1. The zero-order valence-electron chi connectivity index (χ0n) is 38.3. The van der Waals surface area contributed by atoms with Crippen LogP contribution in [0.1, 0.15) is 101 Å². The Morgan fingerprint density at radius 3 is 2.03 bits per heavy atom. The average Bonchev–Trinajstić information content (AvgIpc) is 3.37. The first kappa shape index (κ1) is 42.1. The van der Waals surface area contributed by atoms with Gasteiger partial charge in [-0.1, -0.05) is 159 Å². The average molecular weight is 845 g/mol. The highest BCUT2D eigenvalue weighted by atomic mass is 15.2. The van der Waals surface area contributed by atoms with Crippen molar-refractivity contribution in [2.45, 2.75) is 84.5 Å². The molecule has 0 fully saturated rings. The summed E-state index contributed by atoms with van der Waals surface area (Å²) in [5.74, 6) is 0.452. The number of rotatable bonds is 12. The molecule has 0 heterocycles. The Balaban J connectivity index is 1.03. The van der Waals surface area contributed by atoms with E-state index in [0.717, 1.165) is 69.2 Å². The van der Waals surface area contributed by atoms with Crippen LogP contribution in [0.4, 0.5) is 22.7 Å². The van der Waals surface area contributed by atoms with Gasteiger partial charge >= 0.3 is 0 Å². The molecule has 0 spiro atoms. The molecule has 322 valence electrons. The lowest BCUT2D eigenvalue weighted by atomic mass is 9.84. The Morgan fingerprint density at radius 1 is 0.538 bits per heavy atom. The van der Waals surface area contributed by atoms with Gasteiger partial charge in [0.25, 0.3) is 0 Å². The minimum Gasteiger partial charge on any atom is -0.311 e. The second kappa shape index (κ2) is 19.1. The van der Waals surface area contributed by atoms with Crippen LogP contribution in [0.25, 0.3) is 33.0 Å². The van der Waals surface area contributed by atoms with Gasteiger partial charge in [0.05, 0.1) is 5.69 Å². The van der Waals surface area contributed by atoms with Crippen LogP contribution in [0, 0.1) is 0 Å². The number of benzene rings is 6. The Labute approximate surface area is 387 Å². The van der Waals surface area contributed by atoms with Gasteiger partial charge in [-0.15, -0.1) is 0 Å². The van der Waals surface area contributed by atoms with E-state index in [9.17, 15) is 0 Å². The van der Waals surface area contributed by atoms with Crippen LogP contribution in [0.2, 0.25) is 0 Å². The van der Waals surface area contributed by atoms with Gasteiger partial charge in [-0.25, -0.2) is 0 Å². The van der Waals surface area contributed by atoms with Crippen LogP contribution in [0.3, 0.4) is 0 Å². The van der Waals surface area contributed by atoms with Gasteiger partial charge in [-0.2, -0.15) is 0 Å². The number of para-hydroxylation sites is 2. The Hall–Kier alpha value is -6.90. The van der Waals surface area contributed by atoms with E-state index < -0.39 is 0 Å². The van der Waals surface area contributed by atoms with Gasteiger partial charge in [-0.05, 0) is 181 Å². The monoisotopic (exact) mass is 844 g/mol. The molecule has 4 aliphatic carbocycles. The number of fused-ring (bicyclic) bond motifs is 1. The fourth-order valence-corrected chi connectivity index (χ4v) is 10.4. The Kier molecular flexibility index (Phi) is 12.3.